The molecule has 6 nitrogen and oxygen atoms in total. The molecule has 0 bridgehead atoms. The van der Waals surface area contributed by atoms with Gasteiger partial charge in [0.15, 0.2) is 5.82 Å². The van der Waals surface area contributed by atoms with E-state index in [1.54, 1.807) is 35.2 Å². The van der Waals surface area contributed by atoms with Crippen LogP contribution < -0.4 is 10.1 Å². The Labute approximate surface area is 135 Å². The number of nitrogens with zero attached hydrogens (tertiary/aromatic N) is 3. The third-order valence-electron chi connectivity index (χ3n) is 3.02. The quantitative estimate of drug-likeness (QED) is 0.796. The Morgan fingerprint density at radius 3 is 2.74 bits per heavy atom. The zero-order valence-corrected chi connectivity index (χ0v) is 12.8. The summed E-state index contributed by atoms with van der Waals surface area (Å²) >= 11 is 1.32. The van der Waals surface area contributed by atoms with Gasteiger partial charge in [0.25, 0.3) is 5.91 Å². The number of nitrogens with one attached hydrogen (secondary N) is 1. The summed E-state index contributed by atoms with van der Waals surface area (Å²) < 4.78 is 19.0. The SMILES string of the molecule is COc1ccc(-c2ccc(NC(=O)c3cscn3)nn2)c(F)c1. The highest BCUT2D eigenvalue weighted by Crippen LogP contribution is 2.24. The van der Waals surface area contributed by atoms with Gasteiger partial charge in [0.2, 0.25) is 0 Å². The first-order valence-electron chi connectivity index (χ1n) is 6.54. The molecule has 2 aromatic heterocycles. The Hall–Kier alpha value is -2.87. The van der Waals surface area contributed by atoms with E-state index in [-0.39, 0.29) is 11.7 Å². The van der Waals surface area contributed by atoms with E-state index in [1.165, 1.54) is 24.5 Å². The van der Waals surface area contributed by atoms with Crippen LogP contribution in [0.3, 0.4) is 0 Å². The minimum absolute atomic E-state index is 0.265. The fourth-order valence-corrected chi connectivity index (χ4v) is 2.41. The van der Waals surface area contributed by atoms with Crippen LogP contribution in [0.25, 0.3) is 11.3 Å². The minimum atomic E-state index is -0.460. The number of amides is 1. The van der Waals surface area contributed by atoms with Crippen LogP contribution in [0.15, 0.2) is 41.2 Å². The number of carbonyl (C=O) groups is 1. The average molecular weight is 330 g/mol. The van der Waals surface area contributed by atoms with Crippen LogP contribution in [0.4, 0.5) is 10.2 Å². The fourth-order valence-electron chi connectivity index (χ4n) is 1.88. The van der Waals surface area contributed by atoms with Crippen LogP contribution in [0.2, 0.25) is 0 Å². The van der Waals surface area contributed by atoms with E-state index < -0.39 is 5.82 Å². The van der Waals surface area contributed by atoms with Gasteiger partial charge in [0, 0.05) is 17.0 Å². The number of hydrogen-bond donors (Lipinski definition) is 1. The van der Waals surface area contributed by atoms with Gasteiger partial charge in [-0.15, -0.1) is 21.5 Å². The van der Waals surface area contributed by atoms with Crippen molar-refractivity contribution in [1.82, 2.24) is 15.2 Å². The van der Waals surface area contributed by atoms with Crippen molar-refractivity contribution in [1.29, 1.82) is 0 Å². The lowest BCUT2D eigenvalue weighted by atomic mass is 10.1. The second-order valence-electron chi connectivity index (χ2n) is 4.48. The van der Waals surface area contributed by atoms with Gasteiger partial charge in [0.05, 0.1) is 18.3 Å². The van der Waals surface area contributed by atoms with Gasteiger partial charge >= 0.3 is 0 Å². The molecule has 0 saturated carbocycles. The molecule has 0 saturated heterocycles. The van der Waals surface area contributed by atoms with Crippen molar-refractivity contribution in [3.63, 3.8) is 0 Å². The molecule has 23 heavy (non-hydrogen) atoms. The number of thiazole rings is 1. The van der Waals surface area contributed by atoms with Crippen LogP contribution >= 0.6 is 11.3 Å². The zero-order chi connectivity index (χ0) is 16.2. The van der Waals surface area contributed by atoms with Gasteiger partial charge in [-0.2, -0.15) is 0 Å². The normalized spacial score (nSPS) is 10.3. The number of carbonyl (C=O) groups excluding carboxylic acids is 1. The lowest BCUT2D eigenvalue weighted by molar-refractivity contribution is 0.102. The van der Waals surface area contributed by atoms with E-state index in [0.717, 1.165) is 0 Å². The molecule has 0 atom stereocenters. The Kier molecular flexibility index (Phi) is 4.24. The number of halogens is 1. The van der Waals surface area contributed by atoms with Gasteiger partial charge in [-0.3, -0.25) is 4.79 Å². The van der Waals surface area contributed by atoms with Gasteiger partial charge in [0.1, 0.15) is 17.3 Å². The monoisotopic (exact) mass is 330 g/mol. The van der Waals surface area contributed by atoms with Gasteiger partial charge in [-0.25, -0.2) is 9.37 Å². The number of hydrogen-bond acceptors (Lipinski definition) is 6. The fraction of sp³-hybridized carbons (Fsp3) is 0.0667. The summed E-state index contributed by atoms with van der Waals surface area (Å²) in [5.74, 6) is -0.145. The molecule has 0 fully saturated rings. The van der Waals surface area contributed by atoms with Crippen molar-refractivity contribution in [3.8, 4) is 17.0 Å². The highest BCUT2D eigenvalue weighted by Gasteiger charge is 2.11. The van der Waals surface area contributed by atoms with Crippen LogP contribution in [-0.4, -0.2) is 28.2 Å². The zero-order valence-electron chi connectivity index (χ0n) is 12.0. The molecule has 8 heteroatoms. The molecule has 0 aliphatic heterocycles. The van der Waals surface area contributed by atoms with Crippen LogP contribution in [0, 0.1) is 5.82 Å². The molecule has 3 rings (SSSR count). The third-order valence-corrected chi connectivity index (χ3v) is 3.61. The Bertz CT molecular complexity index is 822. The molecule has 1 aromatic carbocycles. The van der Waals surface area contributed by atoms with E-state index in [0.29, 0.717) is 22.7 Å². The van der Waals surface area contributed by atoms with Gasteiger partial charge < -0.3 is 10.1 Å². The summed E-state index contributed by atoms with van der Waals surface area (Å²) in [6, 6.07) is 7.60. The Balaban J connectivity index is 1.78. The van der Waals surface area contributed by atoms with Crippen molar-refractivity contribution in [2.75, 3.05) is 12.4 Å². The second-order valence-corrected chi connectivity index (χ2v) is 5.20. The number of methoxy groups -OCH3 is 1. The van der Waals surface area contributed by atoms with Crippen molar-refractivity contribution in [2.45, 2.75) is 0 Å². The van der Waals surface area contributed by atoms with E-state index in [4.69, 9.17) is 4.74 Å². The summed E-state index contributed by atoms with van der Waals surface area (Å²) in [5, 5.41) is 12.0. The maximum absolute atomic E-state index is 14.0. The van der Waals surface area contributed by atoms with Gasteiger partial charge in [-0.1, -0.05) is 0 Å². The van der Waals surface area contributed by atoms with Crippen molar-refractivity contribution in [3.05, 3.63) is 52.7 Å². The highest BCUT2D eigenvalue weighted by atomic mass is 32.1. The highest BCUT2D eigenvalue weighted by molar-refractivity contribution is 7.07. The number of anilines is 1. The van der Waals surface area contributed by atoms with E-state index in [9.17, 15) is 9.18 Å². The van der Waals surface area contributed by atoms with Crippen molar-refractivity contribution >= 4 is 23.1 Å². The first-order chi connectivity index (χ1) is 11.2. The minimum Gasteiger partial charge on any atom is -0.497 e. The molecule has 3 aromatic rings. The lowest BCUT2D eigenvalue weighted by Gasteiger charge is -2.06. The van der Waals surface area contributed by atoms with E-state index in [1.807, 2.05) is 0 Å². The van der Waals surface area contributed by atoms with Crippen molar-refractivity contribution in [2.24, 2.45) is 0 Å². The molecule has 0 aliphatic carbocycles. The first kappa shape index (κ1) is 15.0. The summed E-state index contributed by atoms with van der Waals surface area (Å²) in [6.45, 7) is 0. The van der Waals surface area contributed by atoms with Gasteiger partial charge in [-0.05, 0) is 24.3 Å². The smallest absolute Gasteiger partial charge is 0.276 e. The molecule has 0 aliphatic rings. The van der Waals surface area contributed by atoms with E-state index in [2.05, 4.69) is 20.5 Å². The van der Waals surface area contributed by atoms with Crippen LogP contribution in [-0.2, 0) is 0 Å². The standard InChI is InChI=1S/C15H11FN4O2S/c1-22-9-2-3-10(11(16)6-9)12-4-5-14(20-19-12)18-15(21)13-7-23-8-17-13/h2-8H,1H3,(H,18,20,21). The second kappa shape index (κ2) is 6.49. The number of ether oxygens (including phenoxy) is 1. The summed E-state index contributed by atoms with van der Waals surface area (Å²) in [5.41, 5.74) is 2.53. The number of benzene rings is 1. The third kappa shape index (κ3) is 3.32. The largest absolute Gasteiger partial charge is 0.497 e. The maximum Gasteiger partial charge on any atom is 0.276 e. The molecule has 2 heterocycles. The molecule has 0 unspecified atom stereocenters. The number of rotatable bonds is 4. The first-order valence-corrected chi connectivity index (χ1v) is 7.49. The molecule has 0 radical (unpaired) electrons. The molecule has 116 valence electrons. The van der Waals surface area contributed by atoms with E-state index >= 15 is 0 Å². The summed E-state index contributed by atoms with van der Waals surface area (Å²) in [4.78, 5) is 15.7. The lowest BCUT2D eigenvalue weighted by Crippen LogP contribution is -2.13. The summed E-state index contributed by atoms with van der Waals surface area (Å²) in [6.07, 6.45) is 0. The molecule has 0 spiro atoms. The predicted molar refractivity (Wildman–Crippen MR) is 84.0 cm³/mol. The van der Waals surface area contributed by atoms with Crippen LogP contribution in [0.5, 0.6) is 5.75 Å². The molecule has 1 N–H and O–H groups in total. The molecular weight excluding hydrogens is 319 g/mol. The maximum atomic E-state index is 14.0. The molecule has 1 amide bonds. The summed E-state index contributed by atoms with van der Waals surface area (Å²) in [7, 11) is 1.47. The molecular formula is C15H11FN4O2S. The Morgan fingerprint density at radius 2 is 2.13 bits per heavy atom. The Morgan fingerprint density at radius 1 is 1.26 bits per heavy atom. The average Bonchev–Trinajstić information content (AvgIpc) is 3.10. The topological polar surface area (TPSA) is 77.0 Å². The number of aromatic nitrogens is 3. The van der Waals surface area contributed by atoms with Crippen LogP contribution in [0.1, 0.15) is 10.5 Å². The van der Waals surface area contributed by atoms with Crippen molar-refractivity contribution < 1.29 is 13.9 Å². The predicted octanol–water partition coefficient (Wildman–Crippen LogP) is 3.00.